The largest absolute Gasteiger partial charge is 0.487 e. The Kier molecular flexibility index (Phi) is 5.14. The van der Waals surface area contributed by atoms with Crippen LogP contribution in [0.4, 0.5) is 5.69 Å². The van der Waals surface area contributed by atoms with E-state index in [1.165, 1.54) is 25.1 Å². The molecule has 0 saturated heterocycles. The van der Waals surface area contributed by atoms with Crippen molar-refractivity contribution < 1.29 is 19.9 Å². The highest BCUT2D eigenvalue weighted by Crippen LogP contribution is 2.32. The van der Waals surface area contributed by atoms with Gasteiger partial charge in [-0.25, -0.2) is 0 Å². The lowest BCUT2D eigenvalue weighted by Crippen LogP contribution is -2.30. The molecule has 0 aromatic heterocycles. The van der Waals surface area contributed by atoms with Crippen LogP contribution in [-0.4, -0.2) is 27.3 Å². The van der Waals surface area contributed by atoms with E-state index in [0.717, 1.165) is 25.7 Å². The van der Waals surface area contributed by atoms with Crippen LogP contribution in [0.15, 0.2) is 18.2 Å². The third-order valence-electron chi connectivity index (χ3n) is 3.85. The summed E-state index contributed by atoms with van der Waals surface area (Å²) < 4.78 is 5.84. The summed E-state index contributed by atoms with van der Waals surface area (Å²) in [5.74, 6) is 0.404. The van der Waals surface area contributed by atoms with Crippen molar-refractivity contribution in [1.82, 2.24) is 0 Å². The Morgan fingerprint density at radius 1 is 1.33 bits per heavy atom. The number of hydrogen-bond acceptors (Lipinski definition) is 5. The molecule has 1 aliphatic rings. The number of aliphatic hydroxyl groups excluding tert-OH is 2. The van der Waals surface area contributed by atoms with Crippen molar-refractivity contribution in [1.29, 1.82) is 0 Å². The Balaban J connectivity index is 2.23. The zero-order valence-corrected chi connectivity index (χ0v) is 12.1. The van der Waals surface area contributed by atoms with Crippen molar-refractivity contribution in [3.05, 3.63) is 33.9 Å². The molecule has 1 aliphatic carbocycles. The number of hydrogen-bond donors (Lipinski definition) is 2. The quantitative estimate of drug-likeness (QED) is 0.506. The van der Waals surface area contributed by atoms with Crippen LogP contribution < -0.4 is 4.74 Å². The summed E-state index contributed by atoms with van der Waals surface area (Å²) in [6, 6.07) is 4.17. The fourth-order valence-electron chi connectivity index (χ4n) is 2.64. The van der Waals surface area contributed by atoms with Crippen LogP contribution >= 0.6 is 0 Å². The average Bonchev–Trinajstić information content (AvgIpc) is 2.64. The molecule has 0 bridgehead atoms. The Labute approximate surface area is 123 Å². The molecule has 116 valence electrons. The molecule has 6 heteroatoms. The van der Waals surface area contributed by atoms with Gasteiger partial charge in [0.1, 0.15) is 11.9 Å². The van der Waals surface area contributed by atoms with Gasteiger partial charge in [0, 0.05) is 17.7 Å². The number of aliphatic hydroxyl groups is 2. The van der Waals surface area contributed by atoms with Gasteiger partial charge in [0.2, 0.25) is 0 Å². The SMILES string of the molecule is CC(O)c1cc([N+](=O)[O-])ccc1OC1CCCCCC1O. The molecule has 2 N–H and O–H groups in total. The first-order valence-corrected chi connectivity index (χ1v) is 7.30. The van der Waals surface area contributed by atoms with Gasteiger partial charge in [0.25, 0.3) is 5.69 Å². The lowest BCUT2D eigenvalue weighted by atomic mass is 10.1. The number of benzene rings is 1. The molecule has 0 aliphatic heterocycles. The molecule has 0 radical (unpaired) electrons. The normalized spacial score (nSPS) is 24.1. The third kappa shape index (κ3) is 3.92. The summed E-state index contributed by atoms with van der Waals surface area (Å²) in [7, 11) is 0. The van der Waals surface area contributed by atoms with Gasteiger partial charge in [-0.05, 0) is 32.3 Å². The van der Waals surface area contributed by atoms with Crippen molar-refractivity contribution >= 4 is 5.69 Å². The molecule has 6 nitrogen and oxygen atoms in total. The molecule has 1 fully saturated rings. The van der Waals surface area contributed by atoms with Gasteiger partial charge in [0.05, 0.1) is 17.1 Å². The van der Waals surface area contributed by atoms with Gasteiger partial charge >= 0.3 is 0 Å². The van der Waals surface area contributed by atoms with Crippen molar-refractivity contribution in [2.75, 3.05) is 0 Å². The van der Waals surface area contributed by atoms with Gasteiger partial charge in [-0.3, -0.25) is 10.1 Å². The zero-order chi connectivity index (χ0) is 15.4. The summed E-state index contributed by atoms with van der Waals surface area (Å²) in [4.78, 5) is 10.3. The van der Waals surface area contributed by atoms with Gasteiger partial charge in [0.15, 0.2) is 0 Å². The maximum Gasteiger partial charge on any atom is 0.270 e. The van der Waals surface area contributed by atoms with E-state index in [4.69, 9.17) is 4.74 Å². The summed E-state index contributed by atoms with van der Waals surface area (Å²) in [6.07, 6.45) is 2.74. The smallest absolute Gasteiger partial charge is 0.270 e. The second-order valence-electron chi connectivity index (χ2n) is 5.52. The van der Waals surface area contributed by atoms with Crippen LogP contribution in [-0.2, 0) is 0 Å². The Morgan fingerprint density at radius 3 is 2.71 bits per heavy atom. The van der Waals surface area contributed by atoms with Crippen LogP contribution in [0.5, 0.6) is 5.75 Å². The Bertz CT molecular complexity index is 503. The molecular formula is C15H21NO5. The van der Waals surface area contributed by atoms with Crippen molar-refractivity contribution in [2.24, 2.45) is 0 Å². The molecule has 1 saturated carbocycles. The second-order valence-corrected chi connectivity index (χ2v) is 5.52. The molecule has 21 heavy (non-hydrogen) atoms. The first-order valence-electron chi connectivity index (χ1n) is 7.30. The molecule has 3 atom stereocenters. The van der Waals surface area contributed by atoms with Gasteiger partial charge in [-0.1, -0.05) is 12.8 Å². The lowest BCUT2D eigenvalue weighted by Gasteiger charge is -2.24. The fourth-order valence-corrected chi connectivity index (χ4v) is 2.64. The highest BCUT2D eigenvalue weighted by Gasteiger charge is 2.25. The van der Waals surface area contributed by atoms with Gasteiger partial charge < -0.3 is 14.9 Å². The van der Waals surface area contributed by atoms with E-state index < -0.39 is 17.1 Å². The van der Waals surface area contributed by atoms with Crippen molar-refractivity contribution in [3.63, 3.8) is 0 Å². The molecule has 3 unspecified atom stereocenters. The predicted octanol–water partition coefficient (Wildman–Crippen LogP) is 2.72. The number of nitro groups is 1. The molecule has 1 aromatic carbocycles. The van der Waals surface area contributed by atoms with E-state index in [1.54, 1.807) is 0 Å². The standard InChI is InChI=1S/C15H21NO5/c1-10(17)12-9-11(16(19)20)7-8-14(12)21-15-6-4-2-3-5-13(15)18/h7-10,13,15,17-18H,2-6H2,1H3. The number of rotatable bonds is 4. The first kappa shape index (κ1) is 15.7. The van der Waals surface area contributed by atoms with Crippen LogP contribution in [0, 0.1) is 10.1 Å². The highest BCUT2D eigenvalue weighted by atomic mass is 16.6. The summed E-state index contributed by atoms with van der Waals surface area (Å²) in [5.41, 5.74) is 0.292. The van der Waals surface area contributed by atoms with Crippen LogP contribution in [0.2, 0.25) is 0 Å². The van der Waals surface area contributed by atoms with E-state index in [-0.39, 0.29) is 11.8 Å². The van der Waals surface area contributed by atoms with E-state index in [9.17, 15) is 20.3 Å². The fraction of sp³-hybridized carbons (Fsp3) is 0.600. The minimum Gasteiger partial charge on any atom is -0.487 e. The van der Waals surface area contributed by atoms with Gasteiger partial charge in [-0.2, -0.15) is 0 Å². The van der Waals surface area contributed by atoms with Crippen LogP contribution in [0.3, 0.4) is 0 Å². The Morgan fingerprint density at radius 2 is 2.05 bits per heavy atom. The van der Waals surface area contributed by atoms with E-state index in [2.05, 4.69) is 0 Å². The number of nitro benzene ring substituents is 1. The molecule has 0 heterocycles. The number of ether oxygens (including phenoxy) is 1. The summed E-state index contributed by atoms with van der Waals surface area (Å²) in [5, 5.41) is 30.7. The van der Waals surface area contributed by atoms with Crippen molar-refractivity contribution in [2.45, 2.75) is 57.3 Å². The minimum absolute atomic E-state index is 0.0836. The molecular weight excluding hydrogens is 274 g/mol. The minimum atomic E-state index is -0.872. The van der Waals surface area contributed by atoms with Crippen LogP contribution in [0.1, 0.15) is 50.7 Å². The van der Waals surface area contributed by atoms with Gasteiger partial charge in [-0.15, -0.1) is 0 Å². The number of non-ortho nitro benzene ring substituents is 1. The zero-order valence-electron chi connectivity index (χ0n) is 12.1. The highest BCUT2D eigenvalue weighted by molar-refractivity contribution is 5.45. The summed E-state index contributed by atoms with van der Waals surface area (Å²) in [6.45, 7) is 1.54. The Hall–Kier alpha value is -1.66. The first-order chi connectivity index (χ1) is 9.99. The average molecular weight is 295 g/mol. The molecule has 0 spiro atoms. The lowest BCUT2D eigenvalue weighted by molar-refractivity contribution is -0.385. The number of nitrogens with zero attached hydrogens (tertiary/aromatic N) is 1. The molecule has 2 rings (SSSR count). The predicted molar refractivity (Wildman–Crippen MR) is 77.2 cm³/mol. The van der Waals surface area contributed by atoms with Crippen molar-refractivity contribution in [3.8, 4) is 5.75 Å². The summed E-state index contributed by atoms with van der Waals surface area (Å²) >= 11 is 0. The van der Waals surface area contributed by atoms with E-state index >= 15 is 0 Å². The van der Waals surface area contributed by atoms with E-state index in [0.29, 0.717) is 17.7 Å². The topological polar surface area (TPSA) is 92.8 Å². The molecule has 1 aromatic rings. The second kappa shape index (κ2) is 6.87. The monoisotopic (exact) mass is 295 g/mol. The maximum atomic E-state index is 10.8. The maximum absolute atomic E-state index is 10.8. The third-order valence-corrected chi connectivity index (χ3v) is 3.85. The molecule has 0 amide bonds. The van der Waals surface area contributed by atoms with E-state index in [1.807, 2.05) is 0 Å². The van der Waals surface area contributed by atoms with Crippen LogP contribution in [0.25, 0.3) is 0 Å².